The summed E-state index contributed by atoms with van der Waals surface area (Å²) in [5.41, 5.74) is 0.639. The second-order valence-electron chi connectivity index (χ2n) is 5.61. The van der Waals surface area contributed by atoms with Gasteiger partial charge in [0.05, 0.1) is 16.2 Å². The van der Waals surface area contributed by atoms with Crippen molar-refractivity contribution in [3.05, 3.63) is 64.3 Å². The first-order chi connectivity index (χ1) is 12.9. The number of hydrogen-bond acceptors (Lipinski definition) is 5. The van der Waals surface area contributed by atoms with Crippen LogP contribution in [0.15, 0.2) is 52.4 Å². The first-order valence-corrected chi connectivity index (χ1v) is 8.82. The van der Waals surface area contributed by atoms with Gasteiger partial charge in [-0.25, -0.2) is 14.2 Å². The van der Waals surface area contributed by atoms with Gasteiger partial charge in [-0.3, -0.25) is 9.69 Å². The lowest BCUT2D eigenvalue weighted by Crippen LogP contribution is -2.28. The predicted molar refractivity (Wildman–Crippen MR) is 102 cm³/mol. The molecule has 0 spiro atoms. The Hall–Kier alpha value is -3.13. The van der Waals surface area contributed by atoms with E-state index in [2.05, 4.69) is 4.99 Å². The molecule has 3 rings (SSSR count). The van der Waals surface area contributed by atoms with Gasteiger partial charge in [-0.05, 0) is 60.7 Å². The first kappa shape index (κ1) is 18.7. The minimum Gasteiger partial charge on any atom is -0.508 e. The number of nitrogens with zero attached hydrogens (tertiary/aromatic N) is 2. The molecule has 0 atom stereocenters. The number of aliphatic imine (C=N–C) groups is 1. The van der Waals surface area contributed by atoms with E-state index in [1.54, 1.807) is 25.1 Å². The molecule has 0 aromatic heterocycles. The van der Waals surface area contributed by atoms with Crippen LogP contribution < -0.4 is 0 Å². The molecule has 2 aromatic rings. The number of carboxylic acids is 1. The van der Waals surface area contributed by atoms with Gasteiger partial charge in [-0.2, -0.15) is 0 Å². The number of benzene rings is 2. The largest absolute Gasteiger partial charge is 0.508 e. The molecule has 1 heterocycles. The molecule has 2 aromatic carbocycles. The molecule has 1 aliphatic rings. The predicted octanol–water partition coefficient (Wildman–Crippen LogP) is 3.85. The summed E-state index contributed by atoms with van der Waals surface area (Å²) in [6.45, 7) is 2.13. The number of aromatic hydroxyl groups is 1. The Morgan fingerprint density at radius 3 is 2.59 bits per heavy atom. The zero-order valence-electron chi connectivity index (χ0n) is 14.2. The molecule has 0 aliphatic carbocycles. The summed E-state index contributed by atoms with van der Waals surface area (Å²) in [6.07, 6.45) is 1.63. The van der Waals surface area contributed by atoms with Crippen LogP contribution in [0.4, 0.5) is 10.1 Å². The number of carbonyl (C=O) groups is 2. The summed E-state index contributed by atoms with van der Waals surface area (Å²) >= 11 is 1.11. The average Bonchev–Trinajstić information content (AvgIpc) is 2.92. The summed E-state index contributed by atoms with van der Waals surface area (Å²) in [5.74, 6) is -2.05. The van der Waals surface area contributed by atoms with E-state index in [9.17, 15) is 24.2 Å². The quantitative estimate of drug-likeness (QED) is 0.779. The van der Waals surface area contributed by atoms with Crippen molar-refractivity contribution in [3.8, 4) is 5.75 Å². The second kappa shape index (κ2) is 7.63. The molecule has 1 amide bonds. The Bertz CT molecular complexity index is 970. The first-order valence-electron chi connectivity index (χ1n) is 8.01. The lowest BCUT2D eigenvalue weighted by atomic mass is 10.2. The minimum absolute atomic E-state index is 0.136. The highest BCUT2D eigenvalue weighted by molar-refractivity contribution is 8.18. The van der Waals surface area contributed by atoms with Crippen LogP contribution >= 0.6 is 11.8 Å². The number of carbonyl (C=O) groups excluding carboxylic acids is 1. The molecule has 1 aliphatic heterocycles. The average molecular weight is 386 g/mol. The Labute approximate surface area is 158 Å². The number of amidine groups is 1. The molecule has 2 N–H and O–H groups in total. The number of thioether (sulfide) groups is 1. The number of rotatable bonds is 4. The Kier molecular flexibility index (Phi) is 5.27. The highest BCUT2D eigenvalue weighted by Crippen LogP contribution is 2.35. The van der Waals surface area contributed by atoms with Crippen LogP contribution in [-0.4, -0.2) is 38.7 Å². The summed E-state index contributed by atoms with van der Waals surface area (Å²) in [7, 11) is 0. The van der Waals surface area contributed by atoms with E-state index in [0.717, 1.165) is 17.8 Å². The molecular formula is C19H15FN2O4S. The number of hydrogen-bond donors (Lipinski definition) is 2. The molecule has 6 nitrogen and oxygen atoms in total. The Balaban J connectivity index is 1.99. The maximum Gasteiger partial charge on any atom is 0.338 e. The van der Waals surface area contributed by atoms with E-state index in [1.165, 1.54) is 29.2 Å². The molecule has 1 fully saturated rings. The third kappa shape index (κ3) is 4.01. The van der Waals surface area contributed by atoms with Crippen molar-refractivity contribution in [2.45, 2.75) is 6.92 Å². The zero-order valence-corrected chi connectivity index (χ0v) is 15.0. The number of amides is 1. The van der Waals surface area contributed by atoms with Gasteiger partial charge < -0.3 is 10.2 Å². The fourth-order valence-electron chi connectivity index (χ4n) is 2.48. The van der Waals surface area contributed by atoms with Crippen LogP contribution in [0.3, 0.4) is 0 Å². The molecule has 0 saturated carbocycles. The van der Waals surface area contributed by atoms with Crippen LogP contribution in [0, 0.1) is 5.82 Å². The van der Waals surface area contributed by atoms with Gasteiger partial charge in [0.25, 0.3) is 5.91 Å². The van der Waals surface area contributed by atoms with Gasteiger partial charge in [0.1, 0.15) is 11.6 Å². The normalized spacial score (nSPS) is 17.1. The van der Waals surface area contributed by atoms with Gasteiger partial charge in [-0.15, -0.1) is 0 Å². The fraction of sp³-hybridized carbons (Fsp3) is 0.105. The number of likely N-dealkylation sites (N-methyl/N-ethyl adjacent to an activating group) is 1. The van der Waals surface area contributed by atoms with E-state index in [1.807, 2.05) is 0 Å². The van der Waals surface area contributed by atoms with Gasteiger partial charge in [0.15, 0.2) is 5.17 Å². The van der Waals surface area contributed by atoms with Gasteiger partial charge in [-0.1, -0.05) is 12.1 Å². The van der Waals surface area contributed by atoms with Gasteiger partial charge in [0, 0.05) is 6.54 Å². The van der Waals surface area contributed by atoms with Gasteiger partial charge >= 0.3 is 5.97 Å². The third-order valence-corrected chi connectivity index (χ3v) is 4.81. The highest BCUT2D eigenvalue weighted by atomic mass is 32.2. The number of phenolic OH excluding ortho intramolecular Hbond substituents is 1. The molecule has 27 heavy (non-hydrogen) atoms. The molecule has 8 heteroatoms. The summed E-state index contributed by atoms with van der Waals surface area (Å²) in [4.78, 5) is 30.1. The van der Waals surface area contributed by atoms with Crippen molar-refractivity contribution in [1.82, 2.24) is 4.90 Å². The number of halogens is 1. The molecule has 1 saturated heterocycles. The molecule has 0 bridgehead atoms. The standard InChI is InChI=1S/C19H15FN2O4S/c1-2-22-17(24)16(9-11-3-5-12(20)6-4-11)27-19(22)21-15-8-7-13(23)10-14(15)18(25)26/h3-10,23H,2H2,1H3,(H,25,26)/b16-9-,21-19?. The fourth-order valence-corrected chi connectivity index (χ4v) is 3.53. The van der Waals surface area contributed by atoms with Crippen molar-refractivity contribution in [3.63, 3.8) is 0 Å². The SMILES string of the molecule is CCN1C(=O)/C(=C/c2ccc(F)cc2)SC1=Nc1ccc(O)cc1C(=O)O. The van der Waals surface area contributed by atoms with Crippen molar-refractivity contribution < 1.29 is 24.2 Å². The van der Waals surface area contributed by atoms with Crippen molar-refractivity contribution in [2.24, 2.45) is 4.99 Å². The van der Waals surface area contributed by atoms with E-state index >= 15 is 0 Å². The van der Waals surface area contributed by atoms with Crippen molar-refractivity contribution in [2.75, 3.05) is 6.54 Å². The van der Waals surface area contributed by atoms with E-state index in [4.69, 9.17) is 0 Å². The van der Waals surface area contributed by atoms with Crippen LogP contribution in [0.2, 0.25) is 0 Å². The molecular weight excluding hydrogens is 371 g/mol. The number of phenols is 1. The minimum atomic E-state index is -1.23. The van der Waals surface area contributed by atoms with Crippen LogP contribution in [0.5, 0.6) is 5.75 Å². The van der Waals surface area contributed by atoms with Gasteiger partial charge in [0.2, 0.25) is 0 Å². The Morgan fingerprint density at radius 2 is 1.96 bits per heavy atom. The monoisotopic (exact) mass is 386 g/mol. The zero-order chi connectivity index (χ0) is 19.6. The smallest absolute Gasteiger partial charge is 0.338 e. The third-order valence-electron chi connectivity index (χ3n) is 3.80. The summed E-state index contributed by atoms with van der Waals surface area (Å²) < 4.78 is 13.0. The molecule has 0 radical (unpaired) electrons. The number of aromatic carboxylic acids is 1. The van der Waals surface area contributed by atoms with Crippen LogP contribution in [-0.2, 0) is 4.79 Å². The van der Waals surface area contributed by atoms with E-state index in [-0.39, 0.29) is 28.7 Å². The lowest BCUT2D eigenvalue weighted by Gasteiger charge is -2.12. The Morgan fingerprint density at radius 1 is 1.26 bits per heavy atom. The second-order valence-corrected chi connectivity index (χ2v) is 6.62. The lowest BCUT2D eigenvalue weighted by molar-refractivity contribution is -0.122. The highest BCUT2D eigenvalue weighted by Gasteiger charge is 2.32. The maximum atomic E-state index is 13.0. The molecule has 0 unspecified atom stereocenters. The molecule has 138 valence electrons. The van der Waals surface area contributed by atoms with Crippen molar-refractivity contribution >= 4 is 40.6 Å². The topological polar surface area (TPSA) is 90.2 Å². The summed E-state index contributed by atoms with van der Waals surface area (Å²) in [6, 6.07) is 9.55. The van der Waals surface area contributed by atoms with E-state index in [0.29, 0.717) is 22.2 Å². The van der Waals surface area contributed by atoms with Crippen molar-refractivity contribution in [1.29, 1.82) is 0 Å². The van der Waals surface area contributed by atoms with E-state index < -0.39 is 5.97 Å². The van der Waals surface area contributed by atoms with Crippen LogP contribution in [0.25, 0.3) is 6.08 Å². The number of carboxylic acid groups (broad SMARTS) is 1. The maximum absolute atomic E-state index is 13.0. The van der Waals surface area contributed by atoms with Crippen LogP contribution in [0.1, 0.15) is 22.8 Å². The summed E-state index contributed by atoms with van der Waals surface area (Å²) in [5, 5.41) is 19.1.